The molecule has 1 atom stereocenters. The standard InChI is InChI=1S/C13H21ClN2OS/c1-9-12(13(14)16(2)15-9)8-11(17)7-10-3-5-18-6-4-10/h10-11,17H,3-8H2,1-2H3. The number of hydrogen-bond donors (Lipinski definition) is 1. The fraction of sp³-hybridized carbons (Fsp3) is 0.769. The maximum Gasteiger partial charge on any atom is 0.130 e. The van der Waals surface area contributed by atoms with E-state index < -0.39 is 0 Å². The van der Waals surface area contributed by atoms with Crippen molar-refractivity contribution in [2.24, 2.45) is 13.0 Å². The number of rotatable bonds is 4. The number of aryl methyl sites for hydroxylation is 2. The zero-order valence-corrected chi connectivity index (χ0v) is 12.6. The molecule has 1 aromatic rings. The third kappa shape index (κ3) is 3.43. The molecule has 0 radical (unpaired) electrons. The summed E-state index contributed by atoms with van der Waals surface area (Å²) in [6.07, 6.45) is 3.70. The van der Waals surface area contributed by atoms with Gasteiger partial charge in [0.05, 0.1) is 11.8 Å². The Morgan fingerprint density at radius 3 is 2.72 bits per heavy atom. The molecule has 102 valence electrons. The molecule has 1 aromatic heterocycles. The summed E-state index contributed by atoms with van der Waals surface area (Å²) < 4.78 is 1.68. The van der Waals surface area contributed by atoms with Crippen molar-refractivity contribution >= 4 is 23.4 Å². The maximum absolute atomic E-state index is 10.2. The van der Waals surface area contributed by atoms with Crippen LogP contribution in [0.2, 0.25) is 5.15 Å². The molecule has 1 aliphatic rings. The van der Waals surface area contributed by atoms with E-state index in [1.54, 1.807) is 4.68 Å². The molecule has 1 aliphatic heterocycles. The minimum absolute atomic E-state index is 0.293. The van der Waals surface area contributed by atoms with Gasteiger partial charge in [-0.05, 0) is 43.6 Å². The van der Waals surface area contributed by atoms with Crippen molar-refractivity contribution < 1.29 is 5.11 Å². The van der Waals surface area contributed by atoms with Gasteiger partial charge in [0.15, 0.2) is 0 Å². The van der Waals surface area contributed by atoms with Gasteiger partial charge in [-0.1, -0.05) is 11.6 Å². The van der Waals surface area contributed by atoms with Gasteiger partial charge < -0.3 is 5.11 Å². The largest absolute Gasteiger partial charge is 0.393 e. The molecule has 1 unspecified atom stereocenters. The Labute approximate surface area is 118 Å². The summed E-state index contributed by atoms with van der Waals surface area (Å²) in [6, 6.07) is 0. The SMILES string of the molecule is Cc1nn(C)c(Cl)c1CC(O)CC1CCSCC1. The molecule has 0 spiro atoms. The van der Waals surface area contributed by atoms with Crippen molar-refractivity contribution in [2.45, 2.75) is 38.7 Å². The first-order valence-corrected chi connectivity index (χ1v) is 8.05. The Morgan fingerprint density at radius 2 is 2.17 bits per heavy atom. The Bertz CT molecular complexity index is 402. The minimum Gasteiger partial charge on any atom is -0.393 e. The number of nitrogens with zero attached hydrogens (tertiary/aromatic N) is 2. The van der Waals surface area contributed by atoms with Crippen molar-refractivity contribution in [1.82, 2.24) is 9.78 Å². The fourth-order valence-corrected chi connectivity index (χ4v) is 4.05. The Kier molecular flexibility index (Phi) is 4.98. The molecule has 1 saturated heterocycles. The van der Waals surface area contributed by atoms with Gasteiger partial charge in [0, 0.05) is 19.0 Å². The summed E-state index contributed by atoms with van der Waals surface area (Å²) in [4.78, 5) is 0. The summed E-state index contributed by atoms with van der Waals surface area (Å²) in [6.45, 7) is 1.95. The lowest BCUT2D eigenvalue weighted by molar-refractivity contribution is 0.139. The average Bonchev–Trinajstić information content (AvgIpc) is 2.57. The van der Waals surface area contributed by atoms with E-state index in [4.69, 9.17) is 11.6 Å². The van der Waals surface area contributed by atoms with E-state index in [1.807, 2.05) is 25.7 Å². The van der Waals surface area contributed by atoms with Crippen molar-refractivity contribution in [3.63, 3.8) is 0 Å². The molecule has 0 aromatic carbocycles. The highest BCUT2D eigenvalue weighted by Crippen LogP contribution is 2.28. The highest BCUT2D eigenvalue weighted by molar-refractivity contribution is 7.99. The lowest BCUT2D eigenvalue weighted by atomic mass is 9.93. The van der Waals surface area contributed by atoms with Crippen LogP contribution in [-0.4, -0.2) is 32.5 Å². The first kappa shape index (κ1) is 14.2. The predicted molar refractivity (Wildman–Crippen MR) is 77.3 cm³/mol. The molecule has 2 rings (SSSR count). The molecule has 5 heteroatoms. The van der Waals surface area contributed by atoms with Crippen LogP contribution >= 0.6 is 23.4 Å². The molecular formula is C13H21ClN2OS. The third-order valence-corrected chi connectivity index (χ3v) is 5.18. The van der Waals surface area contributed by atoms with Gasteiger partial charge in [-0.15, -0.1) is 0 Å². The average molecular weight is 289 g/mol. The smallest absolute Gasteiger partial charge is 0.130 e. The number of aromatic nitrogens is 2. The number of halogens is 1. The summed E-state index contributed by atoms with van der Waals surface area (Å²) in [5.74, 6) is 3.16. The first-order chi connectivity index (χ1) is 8.58. The lowest BCUT2D eigenvalue weighted by Crippen LogP contribution is -2.19. The van der Waals surface area contributed by atoms with E-state index in [0.29, 0.717) is 17.5 Å². The normalized spacial score (nSPS) is 19.1. The number of thioether (sulfide) groups is 1. The molecule has 0 aliphatic carbocycles. The van der Waals surface area contributed by atoms with Crippen LogP contribution in [0.15, 0.2) is 0 Å². The molecule has 1 fully saturated rings. The van der Waals surface area contributed by atoms with Crippen molar-refractivity contribution in [3.05, 3.63) is 16.4 Å². The van der Waals surface area contributed by atoms with Crippen molar-refractivity contribution in [3.8, 4) is 0 Å². The zero-order chi connectivity index (χ0) is 13.1. The Hall–Kier alpha value is -0.190. The quantitative estimate of drug-likeness (QED) is 0.926. The van der Waals surface area contributed by atoms with Crippen LogP contribution in [0.1, 0.15) is 30.5 Å². The zero-order valence-electron chi connectivity index (χ0n) is 11.0. The highest BCUT2D eigenvalue weighted by Gasteiger charge is 2.20. The Morgan fingerprint density at radius 1 is 1.50 bits per heavy atom. The number of aliphatic hydroxyl groups excluding tert-OH is 1. The first-order valence-electron chi connectivity index (χ1n) is 6.51. The van der Waals surface area contributed by atoms with Gasteiger partial charge >= 0.3 is 0 Å². The van der Waals surface area contributed by atoms with Gasteiger partial charge in [-0.2, -0.15) is 16.9 Å². The van der Waals surface area contributed by atoms with Crippen LogP contribution in [0.5, 0.6) is 0 Å². The van der Waals surface area contributed by atoms with Crippen LogP contribution in [-0.2, 0) is 13.5 Å². The van der Waals surface area contributed by atoms with Crippen molar-refractivity contribution in [1.29, 1.82) is 0 Å². The minimum atomic E-state index is -0.293. The maximum atomic E-state index is 10.2. The molecule has 1 N–H and O–H groups in total. The lowest BCUT2D eigenvalue weighted by Gasteiger charge is -2.23. The monoisotopic (exact) mass is 288 g/mol. The predicted octanol–water partition coefficient (Wildman–Crippen LogP) is 2.82. The molecule has 18 heavy (non-hydrogen) atoms. The highest BCUT2D eigenvalue weighted by atomic mass is 35.5. The summed E-state index contributed by atoms with van der Waals surface area (Å²) in [7, 11) is 1.84. The number of hydrogen-bond acceptors (Lipinski definition) is 3. The van der Waals surface area contributed by atoms with E-state index in [0.717, 1.165) is 17.7 Å². The van der Waals surface area contributed by atoms with Gasteiger partial charge in [-0.25, -0.2) is 0 Å². The van der Waals surface area contributed by atoms with Crippen LogP contribution in [0.4, 0.5) is 0 Å². The molecule has 3 nitrogen and oxygen atoms in total. The van der Waals surface area contributed by atoms with E-state index in [2.05, 4.69) is 5.10 Å². The number of aliphatic hydroxyl groups is 1. The van der Waals surface area contributed by atoms with Gasteiger partial charge in [0.1, 0.15) is 5.15 Å². The van der Waals surface area contributed by atoms with Gasteiger partial charge in [-0.3, -0.25) is 4.68 Å². The van der Waals surface area contributed by atoms with Crippen LogP contribution in [0.25, 0.3) is 0 Å². The summed E-state index contributed by atoms with van der Waals surface area (Å²) >= 11 is 8.21. The van der Waals surface area contributed by atoms with Crippen molar-refractivity contribution in [2.75, 3.05) is 11.5 Å². The molecule has 2 heterocycles. The molecule has 0 bridgehead atoms. The van der Waals surface area contributed by atoms with Gasteiger partial charge in [0.2, 0.25) is 0 Å². The topological polar surface area (TPSA) is 38.0 Å². The Balaban J connectivity index is 1.91. The fourth-order valence-electron chi connectivity index (χ4n) is 2.59. The summed E-state index contributed by atoms with van der Waals surface area (Å²) in [5.41, 5.74) is 1.93. The molecule has 0 saturated carbocycles. The second-order valence-corrected chi connectivity index (χ2v) is 6.71. The molecular weight excluding hydrogens is 268 g/mol. The molecule has 0 amide bonds. The van der Waals surface area contributed by atoms with Gasteiger partial charge in [0.25, 0.3) is 0 Å². The second-order valence-electron chi connectivity index (χ2n) is 5.13. The van der Waals surface area contributed by atoms with E-state index in [9.17, 15) is 5.11 Å². The second kappa shape index (κ2) is 6.31. The van der Waals surface area contributed by atoms with Crippen LogP contribution in [0.3, 0.4) is 0 Å². The van der Waals surface area contributed by atoms with E-state index in [-0.39, 0.29) is 6.10 Å². The third-order valence-electron chi connectivity index (χ3n) is 3.66. The van der Waals surface area contributed by atoms with Crippen LogP contribution in [0, 0.1) is 12.8 Å². The van der Waals surface area contributed by atoms with Crippen LogP contribution < -0.4 is 0 Å². The van der Waals surface area contributed by atoms with E-state index in [1.165, 1.54) is 24.3 Å². The summed E-state index contributed by atoms with van der Waals surface area (Å²) in [5, 5.41) is 15.1. The van der Waals surface area contributed by atoms with E-state index >= 15 is 0 Å².